The van der Waals surface area contributed by atoms with Crippen molar-refractivity contribution in [3.63, 3.8) is 0 Å². The molecule has 0 amide bonds. The number of aliphatic hydroxyl groups excluding tert-OH is 1. The summed E-state index contributed by atoms with van der Waals surface area (Å²) >= 11 is 0. The molecule has 9 nitrogen and oxygen atoms in total. The molecule has 0 spiro atoms. The summed E-state index contributed by atoms with van der Waals surface area (Å²) in [6, 6.07) is 0. The normalized spacial score (nSPS) is 48.0. The Morgan fingerprint density at radius 3 is 2.55 bits per heavy atom. The van der Waals surface area contributed by atoms with E-state index in [0.717, 1.165) is 62.5 Å². The van der Waals surface area contributed by atoms with Gasteiger partial charge < -0.3 is 40.0 Å². The van der Waals surface area contributed by atoms with Gasteiger partial charge in [0, 0.05) is 43.6 Å². The van der Waals surface area contributed by atoms with E-state index in [2.05, 4.69) is 32.2 Å². The summed E-state index contributed by atoms with van der Waals surface area (Å²) in [6.45, 7) is 8.64. The second-order valence-electron chi connectivity index (χ2n) is 20.3. The first-order chi connectivity index (χ1) is 26.3. The molecule has 15 atom stereocenters. The molecule has 55 heavy (non-hydrogen) atoms. The van der Waals surface area contributed by atoms with E-state index in [1.165, 1.54) is 25.7 Å². The molecule has 1 aliphatic heterocycles. The van der Waals surface area contributed by atoms with Crippen molar-refractivity contribution in [3.8, 4) is 0 Å². The Kier molecular flexibility index (Phi) is 10.9. The molecule has 8 rings (SSSR count). The van der Waals surface area contributed by atoms with Crippen molar-refractivity contribution >= 4 is 12.3 Å². The summed E-state index contributed by atoms with van der Waals surface area (Å²) in [7, 11) is 1.69. The van der Waals surface area contributed by atoms with Crippen molar-refractivity contribution < 1.29 is 39.5 Å². The van der Waals surface area contributed by atoms with E-state index in [1.807, 2.05) is 0 Å². The van der Waals surface area contributed by atoms with Crippen molar-refractivity contribution in [2.24, 2.45) is 64.1 Å². The van der Waals surface area contributed by atoms with Crippen molar-refractivity contribution in [2.45, 2.75) is 159 Å². The Labute approximate surface area is 329 Å². The maximum absolute atomic E-state index is 14.3. The highest BCUT2D eigenvalue weighted by molar-refractivity contribution is 5.87. The number of hydrogen-bond acceptors (Lipinski definition) is 9. The second kappa shape index (κ2) is 14.9. The molecule has 0 aromatic carbocycles. The lowest BCUT2D eigenvalue weighted by Crippen LogP contribution is -2.81. The van der Waals surface area contributed by atoms with Crippen LogP contribution in [0.15, 0.2) is 23.3 Å². The lowest BCUT2D eigenvalue weighted by molar-refractivity contribution is -0.346. The quantitative estimate of drug-likeness (QED) is 0.0654. The van der Waals surface area contributed by atoms with Gasteiger partial charge >= 0.3 is 5.97 Å². The van der Waals surface area contributed by atoms with Crippen molar-refractivity contribution in [3.05, 3.63) is 23.3 Å². The van der Waals surface area contributed by atoms with Crippen LogP contribution in [0.2, 0.25) is 0 Å². The Morgan fingerprint density at radius 1 is 1.04 bits per heavy atom. The number of nitrogens with one attached hydrogen (secondary N) is 1. The van der Waals surface area contributed by atoms with Gasteiger partial charge in [0.25, 0.3) is 0 Å². The number of carbonyl (C=O) groups excluding carboxylic acids is 2. The molecule has 5 N–H and O–H groups in total. The van der Waals surface area contributed by atoms with E-state index in [0.29, 0.717) is 69.4 Å². The number of allylic oxidation sites excluding steroid dienone is 1. The number of aliphatic hydroxyl groups is 4. The highest BCUT2D eigenvalue weighted by Crippen LogP contribution is 2.76. The first-order valence-corrected chi connectivity index (χ1v) is 22.5. The highest BCUT2D eigenvalue weighted by atomic mass is 16.5. The van der Waals surface area contributed by atoms with Crippen molar-refractivity contribution in [1.82, 2.24) is 5.32 Å². The monoisotopic (exact) mass is 766 g/mol. The fourth-order valence-corrected chi connectivity index (χ4v) is 15.6. The molecule has 15 unspecified atom stereocenters. The van der Waals surface area contributed by atoms with Crippen LogP contribution in [0.5, 0.6) is 0 Å². The molecule has 1 heterocycles. The van der Waals surface area contributed by atoms with Gasteiger partial charge in [-0.1, -0.05) is 71.8 Å². The van der Waals surface area contributed by atoms with Gasteiger partial charge in [0.1, 0.15) is 18.0 Å². The summed E-state index contributed by atoms with van der Waals surface area (Å²) in [5.74, 6) is -0.977. The van der Waals surface area contributed by atoms with Crippen LogP contribution in [0.3, 0.4) is 0 Å². The maximum atomic E-state index is 14.3. The van der Waals surface area contributed by atoms with Gasteiger partial charge in [0.05, 0.1) is 22.7 Å². The van der Waals surface area contributed by atoms with Crippen molar-refractivity contribution in [2.75, 3.05) is 26.8 Å². The lowest BCUT2D eigenvalue weighted by atomic mass is 9.35. The average molecular weight is 766 g/mol. The number of esters is 1. The van der Waals surface area contributed by atoms with E-state index in [4.69, 9.17) is 9.47 Å². The number of methoxy groups -OCH3 is 1. The molecule has 0 radical (unpaired) electrons. The van der Waals surface area contributed by atoms with E-state index in [9.17, 15) is 30.0 Å². The Morgan fingerprint density at radius 2 is 1.82 bits per heavy atom. The van der Waals surface area contributed by atoms with Crippen LogP contribution >= 0.6 is 0 Å². The number of hydrogen-bond donors (Lipinski definition) is 5. The molecule has 308 valence electrons. The molecule has 0 aromatic heterocycles. The maximum Gasteiger partial charge on any atom is 0.331 e. The molecule has 6 saturated carbocycles. The van der Waals surface area contributed by atoms with Crippen LogP contribution in [-0.4, -0.2) is 88.5 Å². The minimum atomic E-state index is -1.65. The fourth-order valence-electron chi connectivity index (χ4n) is 15.6. The molecule has 0 aromatic rings. The SMILES string of the molecule is CCCCCC1CC2(C=O)C3CCC4(C)C5C6=CC(=O)OC6C(CNCCCOC)=CC5CC4(O)C3(O)CC3CC(C(C)C4CCCC4)CCC(C1O)C32O. The molecule has 7 aliphatic carbocycles. The Hall–Kier alpha value is -1.62. The third-order valence-electron chi connectivity index (χ3n) is 18.1. The Bertz CT molecular complexity index is 1520. The summed E-state index contributed by atoms with van der Waals surface area (Å²) in [6.07, 6.45) is 17.6. The van der Waals surface area contributed by atoms with Gasteiger partial charge in [-0.3, -0.25) is 0 Å². The largest absolute Gasteiger partial charge is 0.450 e. The number of unbranched alkanes of at least 4 members (excludes halogenated alkanes) is 2. The minimum absolute atomic E-state index is 0.120. The summed E-state index contributed by atoms with van der Waals surface area (Å²) < 4.78 is 11.2. The van der Waals surface area contributed by atoms with Crippen LogP contribution < -0.4 is 5.32 Å². The molecule has 0 saturated heterocycles. The molecular weight excluding hydrogens is 695 g/mol. The van der Waals surface area contributed by atoms with Crippen molar-refractivity contribution in [1.29, 1.82) is 0 Å². The van der Waals surface area contributed by atoms with Gasteiger partial charge in [-0.25, -0.2) is 4.79 Å². The first kappa shape index (κ1) is 40.2. The smallest absolute Gasteiger partial charge is 0.331 e. The predicted molar refractivity (Wildman–Crippen MR) is 209 cm³/mol. The van der Waals surface area contributed by atoms with Gasteiger partial charge in [-0.15, -0.1) is 0 Å². The average Bonchev–Trinajstić information content (AvgIpc) is 3.86. The zero-order chi connectivity index (χ0) is 39.0. The number of carbonyl (C=O) groups is 2. The Balaban J connectivity index is 1.21. The number of ether oxygens (including phenoxy) is 2. The first-order valence-electron chi connectivity index (χ1n) is 22.5. The third kappa shape index (κ3) is 5.80. The molecule has 0 bridgehead atoms. The number of aldehydes is 1. The minimum Gasteiger partial charge on any atom is -0.450 e. The summed E-state index contributed by atoms with van der Waals surface area (Å²) in [4.78, 5) is 27.3. The third-order valence-corrected chi connectivity index (χ3v) is 18.1. The molecular formula is C46H71NO8. The van der Waals surface area contributed by atoms with Gasteiger partial charge in [-0.2, -0.15) is 0 Å². The molecule has 8 aliphatic rings. The van der Waals surface area contributed by atoms with Crippen LogP contribution in [0, 0.1) is 64.1 Å². The second-order valence-corrected chi connectivity index (χ2v) is 20.3. The standard InChI is InChI=1S/C46H71NO8/c1-5-6-7-13-31-23-43(27-48)37-16-17-42(3)39-32(20-33(26-47-18-10-19-54-4)41-35(39)22-38(49)55-41)24-45(42,52)44(37,51)25-34-21-30(28(2)29-11-8-9-12-29)14-15-36(40(31)50)46(34,43)53/h20,22,27-32,34,36-37,39-41,47,50-53H,5-19,21,23-26H2,1-4H3. The van der Waals surface area contributed by atoms with E-state index in [-0.39, 0.29) is 30.1 Å². The molecule has 6 fully saturated rings. The van der Waals surface area contributed by atoms with Crippen LogP contribution in [0.25, 0.3) is 0 Å². The summed E-state index contributed by atoms with van der Waals surface area (Å²) in [5, 5.41) is 56.9. The molecule has 9 heteroatoms. The van der Waals surface area contributed by atoms with Gasteiger partial charge in [0.15, 0.2) is 0 Å². The fraction of sp³-hybridized carbons (Fsp3) is 0.870. The van der Waals surface area contributed by atoms with Crippen LogP contribution in [0.4, 0.5) is 0 Å². The van der Waals surface area contributed by atoms with E-state index < -0.39 is 57.6 Å². The van der Waals surface area contributed by atoms with Gasteiger partial charge in [0.2, 0.25) is 0 Å². The zero-order valence-electron chi connectivity index (χ0n) is 34.1. The summed E-state index contributed by atoms with van der Waals surface area (Å²) in [5.41, 5.74) is -4.88. The zero-order valence-corrected chi connectivity index (χ0v) is 34.1. The lowest BCUT2D eigenvalue weighted by Gasteiger charge is -2.72. The van der Waals surface area contributed by atoms with Crippen LogP contribution in [-0.2, 0) is 19.1 Å². The van der Waals surface area contributed by atoms with Crippen LogP contribution in [0.1, 0.15) is 130 Å². The van der Waals surface area contributed by atoms with E-state index >= 15 is 0 Å². The van der Waals surface area contributed by atoms with Gasteiger partial charge in [-0.05, 0) is 123 Å². The topological polar surface area (TPSA) is 146 Å². The predicted octanol–water partition coefficient (Wildman–Crippen LogP) is 6.06. The number of rotatable bonds is 13. The highest BCUT2D eigenvalue weighted by Gasteiger charge is 2.82. The van der Waals surface area contributed by atoms with E-state index in [1.54, 1.807) is 13.2 Å². The number of fused-ring (bicyclic) bond motifs is 8.